The molecule has 0 aromatic heterocycles. The van der Waals surface area contributed by atoms with Crippen LogP contribution < -0.4 is 10.5 Å². The van der Waals surface area contributed by atoms with Gasteiger partial charge in [-0.3, -0.25) is 4.79 Å². The largest absolute Gasteiger partial charge is 0.491 e. The van der Waals surface area contributed by atoms with Gasteiger partial charge in [-0.1, -0.05) is 12.1 Å². The molecule has 0 aliphatic carbocycles. The summed E-state index contributed by atoms with van der Waals surface area (Å²) in [5, 5.41) is 8.77. The van der Waals surface area contributed by atoms with Crippen LogP contribution in [-0.4, -0.2) is 23.2 Å². The maximum absolute atomic E-state index is 10.7. The second kappa shape index (κ2) is 4.31. The number of benzene rings is 1. The number of carbonyl (C=O) groups is 1. The number of aryl methyl sites for hydroxylation is 1. The lowest BCUT2D eigenvalue weighted by Gasteiger charge is -2.19. The molecule has 4 nitrogen and oxygen atoms in total. The van der Waals surface area contributed by atoms with E-state index in [0.29, 0.717) is 5.75 Å². The smallest absolute Gasteiger partial charge is 0.326 e. The minimum absolute atomic E-state index is 0.0498. The van der Waals surface area contributed by atoms with Gasteiger partial charge in [0.1, 0.15) is 17.9 Å². The number of carboxylic acids is 1. The van der Waals surface area contributed by atoms with Crippen LogP contribution in [0, 0.1) is 6.92 Å². The third kappa shape index (κ3) is 3.25. The van der Waals surface area contributed by atoms with E-state index in [1.54, 1.807) is 6.07 Å². The van der Waals surface area contributed by atoms with Gasteiger partial charge in [0, 0.05) is 0 Å². The average molecular weight is 209 g/mol. The number of hydrogen-bond acceptors (Lipinski definition) is 3. The van der Waals surface area contributed by atoms with Crippen molar-refractivity contribution in [2.45, 2.75) is 19.4 Å². The Morgan fingerprint density at radius 2 is 2.27 bits per heavy atom. The highest BCUT2D eigenvalue weighted by atomic mass is 16.5. The average Bonchev–Trinajstić information content (AvgIpc) is 2.15. The van der Waals surface area contributed by atoms with Crippen LogP contribution in [0.2, 0.25) is 0 Å². The number of aliphatic carboxylic acids is 1. The van der Waals surface area contributed by atoms with Crippen LogP contribution in [0.3, 0.4) is 0 Å². The summed E-state index contributed by atoms with van der Waals surface area (Å²) in [6.45, 7) is 3.31. The molecule has 0 radical (unpaired) electrons. The standard InChI is InChI=1S/C11H15NO3/c1-8-4-3-5-9(6-8)15-7-11(2,12)10(13)14/h3-6H,7,12H2,1-2H3,(H,13,14). The first kappa shape index (κ1) is 11.5. The van der Waals surface area contributed by atoms with Crippen molar-refractivity contribution in [3.05, 3.63) is 29.8 Å². The van der Waals surface area contributed by atoms with E-state index in [2.05, 4.69) is 0 Å². The highest BCUT2D eigenvalue weighted by molar-refractivity contribution is 5.78. The molecule has 0 bridgehead atoms. The predicted octanol–water partition coefficient (Wildman–Crippen LogP) is 1.18. The van der Waals surface area contributed by atoms with E-state index in [4.69, 9.17) is 15.6 Å². The number of carboxylic acid groups (broad SMARTS) is 1. The fourth-order valence-corrected chi connectivity index (χ4v) is 1.00. The second-order valence-electron chi connectivity index (χ2n) is 3.83. The number of nitrogens with two attached hydrogens (primary N) is 1. The maximum Gasteiger partial charge on any atom is 0.326 e. The number of rotatable bonds is 4. The van der Waals surface area contributed by atoms with E-state index in [1.165, 1.54) is 6.92 Å². The van der Waals surface area contributed by atoms with Crippen LogP contribution in [0.4, 0.5) is 0 Å². The lowest BCUT2D eigenvalue weighted by molar-refractivity contribution is -0.143. The van der Waals surface area contributed by atoms with E-state index in [9.17, 15) is 4.79 Å². The summed E-state index contributed by atoms with van der Waals surface area (Å²) in [6.07, 6.45) is 0. The minimum atomic E-state index is -1.36. The molecule has 0 spiro atoms. The van der Waals surface area contributed by atoms with Crippen LogP contribution in [0.15, 0.2) is 24.3 Å². The zero-order chi connectivity index (χ0) is 11.5. The molecule has 0 aliphatic heterocycles. The van der Waals surface area contributed by atoms with Crippen molar-refractivity contribution in [2.75, 3.05) is 6.61 Å². The maximum atomic E-state index is 10.7. The Morgan fingerprint density at radius 3 is 2.80 bits per heavy atom. The quantitative estimate of drug-likeness (QED) is 0.780. The van der Waals surface area contributed by atoms with Crippen LogP contribution in [0.5, 0.6) is 5.75 Å². The van der Waals surface area contributed by atoms with E-state index in [1.807, 2.05) is 25.1 Å². The minimum Gasteiger partial charge on any atom is -0.491 e. The molecule has 1 rings (SSSR count). The van der Waals surface area contributed by atoms with Gasteiger partial charge in [0.05, 0.1) is 0 Å². The number of hydrogen-bond donors (Lipinski definition) is 2. The van der Waals surface area contributed by atoms with Crippen molar-refractivity contribution in [1.82, 2.24) is 0 Å². The normalized spacial score (nSPS) is 14.3. The SMILES string of the molecule is Cc1cccc(OCC(C)(N)C(=O)O)c1. The molecule has 1 aromatic carbocycles. The Kier molecular flexibility index (Phi) is 3.31. The van der Waals surface area contributed by atoms with Crippen molar-refractivity contribution in [1.29, 1.82) is 0 Å². The Labute approximate surface area is 88.7 Å². The summed E-state index contributed by atoms with van der Waals surface area (Å²) in [7, 11) is 0. The molecule has 0 saturated carbocycles. The van der Waals surface area contributed by atoms with E-state index >= 15 is 0 Å². The molecule has 15 heavy (non-hydrogen) atoms. The topological polar surface area (TPSA) is 72.5 Å². The van der Waals surface area contributed by atoms with Crippen molar-refractivity contribution in [3.63, 3.8) is 0 Å². The first-order valence-corrected chi connectivity index (χ1v) is 4.63. The molecular formula is C11H15NO3. The summed E-state index contributed by atoms with van der Waals surface area (Å²) >= 11 is 0. The second-order valence-corrected chi connectivity index (χ2v) is 3.83. The summed E-state index contributed by atoms with van der Waals surface area (Å²) < 4.78 is 5.31. The van der Waals surface area contributed by atoms with E-state index in [-0.39, 0.29) is 6.61 Å². The Morgan fingerprint density at radius 1 is 1.60 bits per heavy atom. The lowest BCUT2D eigenvalue weighted by atomic mass is 10.1. The van der Waals surface area contributed by atoms with Gasteiger partial charge in [0.25, 0.3) is 0 Å². The van der Waals surface area contributed by atoms with Crippen molar-refractivity contribution in [3.8, 4) is 5.75 Å². The molecule has 0 heterocycles. The zero-order valence-electron chi connectivity index (χ0n) is 8.86. The van der Waals surface area contributed by atoms with Gasteiger partial charge in [0.15, 0.2) is 0 Å². The molecule has 1 aromatic rings. The predicted molar refractivity (Wildman–Crippen MR) is 56.9 cm³/mol. The van der Waals surface area contributed by atoms with E-state index in [0.717, 1.165) is 5.56 Å². The fraction of sp³-hybridized carbons (Fsp3) is 0.364. The summed E-state index contributed by atoms with van der Waals surface area (Å²) in [5.41, 5.74) is 5.22. The summed E-state index contributed by atoms with van der Waals surface area (Å²) in [4.78, 5) is 10.7. The molecule has 0 saturated heterocycles. The fourth-order valence-electron chi connectivity index (χ4n) is 1.00. The van der Waals surface area contributed by atoms with Gasteiger partial charge in [-0.25, -0.2) is 0 Å². The third-order valence-electron chi connectivity index (χ3n) is 2.02. The molecule has 0 fully saturated rings. The first-order chi connectivity index (χ1) is 6.92. The van der Waals surface area contributed by atoms with Crippen molar-refractivity contribution >= 4 is 5.97 Å². The van der Waals surface area contributed by atoms with Gasteiger partial charge in [-0.15, -0.1) is 0 Å². The lowest BCUT2D eigenvalue weighted by Crippen LogP contribution is -2.49. The van der Waals surface area contributed by atoms with Crippen molar-refractivity contribution < 1.29 is 14.6 Å². The van der Waals surface area contributed by atoms with Crippen molar-refractivity contribution in [2.24, 2.45) is 5.73 Å². The van der Waals surface area contributed by atoms with Crippen LogP contribution >= 0.6 is 0 Å². The Bertz CT molecular complexity index is 361. The van der Waals surface area contributed by atoms with Gasteiger partial charge < -0.3 is 15.6 Å². The molecule has 0 aliphatic rings. The van der Waals surface area contributed by atoms with Gasteiger partial charge >= 0.3 is 5.97 Å². The van der Waals surface area contributed by atoms with Crippen LogP contribution in [-0.2, 0) is 4.79 Å². The van der Waals surface area contributed by atoms with Crippen LogP contribution in [0.1, 0.15) is 12.5 Å². The number of ether oxygens (including phenoxy) is 1. The summed E-state index contributed by atoms with van der Waals surface area (Å²) in [5.74, 6) is -0.442. The molecule has 3 N–H and O–H groups in total. The molecule has 82 valence electrons. The first-order valence-electron chi connectivity index (χ1n) is 4.63. The molecule has 1 atom stereocenters. The van der Waals surface area contributed by atoms with Gasteiger partial charge in [-0.05, 0) is 31.5 Å². The Balaban J connectivity index is 2.61. The van der Waals surface area contributed by atoms with Gasteiger partial charge in [0.2, 0.25) is 0 Å². The molecule has 0 amide bonds. The molecular weight excluding hydrogens is 194 g/mol. The molecule has 4 heteroatoms. The third-order valence-corrected chi connectivity index (χ3v) is 2.02. The van der Waals surface area contributed by atoms with Gasteiger partial charge in [-0.2, -0.15) is 0 Å². The summed E-state index contributed by atoms with van der Waals surface area (Å²) in [6, 6.07) is 7.38. The Hall–Kier alpha value is -1.55. The van der Waals surface area contributed by atoms with Crippen LogP contribution in [0.25, 0.3) is 0 Å². The monoisotopic (exact) mass is 209 g/mol. The highest BCUT2D eigenvalue weighted by Crippen LogP contribution is 2.13. The highest BCUT2D eigenvalue weighted by Gasteiger charge is 2.28. The van der Waals surface area contributed by atoms with E-state index < -0.39 is 11.5 Å². The molecule has 1 unspecified atom stereocenters. The zero-order valence-corrected chi connectivity index (χ0v) is 8.86.